The lowest BCUT2D eigenvalue weighted by molar-refractivity contribution is 1.08. The molecule has 4 aromatic rings. The Morgan fingerprint density at radius 1 is 0.844 bits per heavy atom. The second-order valence-electron chi connectivity index (χ2n) is 7.26. The fraction of sp³-hybridized carbons (Fsp3) is 0.0769. The highest BCUT2D eigenvalue weighted by atomic mass is 15.3. The first-order valence-electron chi connectivity index (χ1n) is 10.1. The predicted octanol–water partition coefficient (Wildman–Crippen LogP) is 6.05. The van der Waals surface area contributed by atoms with E-state index in [0.717, 1.165) is 22.5 Å². The molecule has 0 aliphatic rings. The highest BCUT2D eigenvalue weighted by molar-refractivity contribution is 5.77. The monoisotopic (exact) mass is 416 g/mol. The maximum absolute atomic E-state index is 9.66. The van der Waals surface area contributed by atoms with Crippen LogP contribution in [0.25, 0.3) is 0 Å². The molecule has 6 nitrogen and oxygen atoms in total. The third-order valence-corrected chi connectivity index (χ3v) is 5.04. The van der Waals surface area contributed by atoms with E-state index in [9.17, 15) is 10.5 Å². The zero-order valence-corrected chi connectivity index (χ0v) is 17.7. The fourth-order valence-electron chi connectivity index (χ4n) is 3.58. The minimum absolute atomic E-state index is 0.438. The van der Waals surface area contributed by atoms with Gasteiger partial charge in [-0.15, -0.1) is 0 Å². The number of benzene rings is 3. The van der Waals surface area contributed by atoms with Crippen molar-refractivity contribution in [2.45, 2.75) is 13.8 Å². The van der Waals surface area contributed by atoms with Crippen LogP contribution in [0.5, 0.6) is 0 Å². The van der Waals surface area contributed by atoms with Crippen molar-refractivity contribution in [2.75, 3.05) is 10.2 Å². The van der Waals surface area contributed by atoms with Crippen LogP contribution in [0.3, 0.4) is 0 Å². The summed E-state index contributed by atoms with van der Waals surface area (Å²) in [5.74, 6) is 1.05. The van der Waals surface area contributed by atoms with Gasteiger partial charge in [-0.3, -0.25) is 4.90 Å². The van der Waals surface area contributed by atoms with E-state index in [4.69, 9.17) is 4.98 Å². The first kappa shape index (κ1) is 20.6. The van der Waals surface area contributed by atoms with Gasteiger partial charge in [0.15, 0.2) is 0 Å². The number of hydrogen-bond donors (Lipinski definition) is 1. The number of nitrogens with zero attached hydrogens (tertiary/aromatic N) is 5. The van der Waals surface area contributed by atoms with Crippen LogP contribution in [0.15, 0.2) is 79.0 Å². The molecule has 0 aliphatic carbocycles. The number of rotatable bonds is 5. The molecule has 0 radical (unpaired) electrons. The molecule has 32 heavy (non-hydrogen) atoms. The minimum Gasteiger partial charge on any atom is -0.340 e. The Bertz CT molecular complexity index is 1330. The standard InChI is InChI=1S/C26H20N6/c1-18-14-20(16-27)15-19(2)25(18)30-24-12-13-29-26(31-24)32(22-9-4-3-5-10-22)23-11-7-6-8-21(23)17-28/h3-15H,1-2H3,(H,29,30,31). The number of aromatic nitrogens is 2. The van der Waals surface area contributed by atoms with Crippen molar-refractivity contribution in [2.24, 2.45) is 0 Å². The van der Waals surface area contributed by atoms with Gasteiger partial charge >= 0.3 is 0 Å². The number of nitrogens with one attached hydrogen (secondary N) is 1. The number of hydrogen-bond acceptors (Lipinski definition) is 6. The summed E-state index contributed by atoms with van der Waals surface area (Å²) in [7, 11) is 0. The van der Waals surface area contributed by atoms with Gasteiger partial charge in [-0.25, -0.2) is 4.98 Å². The highest BCUT2D eigenvalue weighted by Crippen LogP contribution is 2.35. The van der Waals surface area contributed by atoms with Crippen LogP contribution in [0.1, 0.15) is 22.3 Å². The van der Waals surface area contributed by atoms with Gasteiger partial charge < -0.3 is 5.32 Å². The molecule has 0 unspecified atom stereocenters. The van der Waals surface area contributed by atoms with Gasteiger partial charge in [-0.1, -0.05) is 30.3 Å². The largest absolute Gasteiger partial charge is 0.340 e. The average molecular weight is 416 g/mol. The van der Waals surface area contributed by atoms with Crippen LogP contribution in [0.2, 0.25) is 0 Å². The summed E-state index contributed by atoms with van der Waals surface area (Å²) in [6, 6.07) is 27.0. The molecule has 6 heteroatoms. The lowest BCUT2D eigenvalue weighted by atomic mass is 10.0. The molecule has 0 aliphatic heterocycles. The molecule has 154 valence electrons. The molecular weight excluding hydrogens is 396 g/mol. The van der Waals surface area contributed by atoms with Crippen LogP contribution in [0.4, 0.5) is 28.8 Å². The predicted molar refractivity (Wildman–Crippen MR) is 125 cm³/mol. The summed E-state index contributed by atoms with van der Waals surface area (Å²) in [6.07, 6.45) is 1.68. The first-order valence-corrected chi connectivity index (χ1v) is 10.1. The van der Waals surface area contributed by atoms with Gasteiger partial charge in [0.1, 0.15) is 11.9 Å². The SMILES string of the molecule is Cc1cc(C#N)cc(C)c1Nc1ccnc(N(c2ccccc2)c2ccccc2C#N)n1. The zero-order valence-electron chi connectivity index (χ0n) is 17.7. The zero-order chi connectivity index (χ0) is 22.5. The Morgan fingerprint density at radius 2 is 1.53 bits per heavy atom. The molecule has 0 amide bonds. The molecule has 0 spiro atoms. The molecule has 0 fully saturated rings. The summed E-state index contributed by atoms with van der Waals surface area (Å²) < 4.78 is 0. The molecule has 0 bridgehead atoms. The second kappa shape index (κ2) is 8.99. The summed E-state index contributed by atoms with van der Waals surface area (Å²) in [5, 5.41) is 22.2. The Kier molecular flexibility index (Phi) is 5.78. The van der Waals surface area contributed by atoms with E-state index in [2.05, 4.69) is 22.4 Å². The molecule has 0 saturated carbocycles. The van der Waals surface area contributed by atoms with Crippen LogP contribution < -0.4 is 10.2 Å². The topological polar surface area (TPSA) is 88.6 Å². The summed E-state index contributed by atoms with van der Waals surface area (Å²) in [4.78, 5) is 11.1. The molecule has 1 heterocycles. The van der Waals surface area contributed by atoms with E-state index in [1.807, 2.05) is 79.4 Å². The van der Waals surface area contributed by atoms with Crippen molar-refractivity contribution in [1.29, 1.82) is 10.5 Å². The lowest BCUT2D eigenvalue weighted by Gasteiger charge is -2.24. The molecule has 1 aromatic heterocycles. The first-order chi connectivity index (χ1) is 15.6. The number of nitriles is 2. The third-order valence-electron chi connectivity index (χ3n) is 5.04. The van der Waals surface area contributed by atoms with Crippen molar-refractivity contribution >= 4 is 28.8 Å². The van der Waals surface area contributed by atoms with Gasteiger partial charge in [-0.2, -0.15) is 15.5 Å². The maximum Gasteiger partial charge on any atom is 0.236 e. The molecule has 0 saturated heterocycles. The molecule has 0 atom stereocenters. The maximum atomic E-state index is 9.66. The van der Waals surface area contributed by atoms with Crippen molar-refractivity contribution in [3.63, 3.8) is 0 Å². The quantitative estimate of drug-likeness (QED) is 0.426. The summed E-state index contributed by atoms with van der Waals surface area (Å²) >= 11 is 0. The second-order valence-corrected chi connectivity index (χ2v) is 7.26. The Hall–Kier alpha value is -4.68. The third kappa shape index (κ3) is 4.12. The average Bonchev–Trinajstić information content (AvgIpc) is 2.83. The molecular formula is C26H20N6. The lowest BCUT2D eigenvalue weighted by Crippen LogP contribution is -2.15. The highest BCUT2D eigenvalue weighted by Gasteiger charge is 2.18. The van der Waals surface area contributed by atoms with E-state index in [1.165, 1.54) is 0 Å². The van der Waals surface area contributed by atoms with E-state index >= 15 is 0 Å². The fourth-order valence-corrected chi connectivity index (χ4v) is 3.58. The van der Waals surface area contributed by atoms with Crippen molar-refractivity contribution in [3.05, 3.63) is 101 Å². The Balaban J connectivity index is 1.79. The van der Waals surface area contributed by atoms with Crippen LogP contribution >= 0.6 is 0 Å². The van der Waals surface area contributed by atoms with Crippen LogP contribution in [-0.4, -0.2) is 9.97 Å². The van der Waals surface area contributed by atoms with Crippen molar-refractivity contribution in [3.8, 4) is 12.1 Å². The number of para-hydroxylation sites is 2. The number of anilines is 5. The summed E-state index contributed by atoms with van der Waals surface area (Å²) in [5.41, 5.74) is 5.50. The van der Waals surface area contributed by atoms with Gasteiger partial charge in [-0.05, 0) is 67.4 Å². The normalized spacial score (nSPS) is 10.1. The van der Waals surface area contributed by atoms with Gasteiger partial charge in [0.25, 0.3) is 0 Å². The van der Waals surface area contributed by atoms with E-state index < -0.39 is 0 Å². The smallest absolute Gasteiger partial charge is 0.236 e. The summed E-state index contributed by atoms with van der Waals surface area (Å²) in [6.45, 7) is 3.91. The number of aryl methyl sites for hydroxylation is 2. The Labute approximate surface area is 187 Å². The minimum atomic E-state index is 0.438. The molecule has 4 rings (SSSR count). The van der Waals surface area contributed by atoms with E-state index in [-0.39, 0.29) is 0 Å². The van der Waals surface area contributed by atoms with Crippen molar-refractivity contribution < 1.29 is 0 Å². The molecule has 1 N–H and O–H groups in total. The Morgan fingerprint density at radius 3 is 2.22 bits per heavy atom. The van der Waals surface area contributed by atoms with E-state index in [0.29, 0.717) is 28.6 Å². The van der Waals surface area contributed by atoms with E-state index in [1.54, 1.807) is 18.3 Å². The molecule has 3 aromatic carbocycles. The van der Waals surface area contributed by atoms with Crippen LogP contribution in [-0.2, 0) is 0 Å². The van der Waals surface area contributed by atoms with Crippen molar-refractivity contribution in [1.82, 2.24) is 9.97 Å². The van der Waals surface area contributed by atoms with Gasteiger partial charge in [0.2, 0.25) is 5.95 Å². The van der Waals surface area contributed by atoms with Gasteiger partial charge in [0.05, 0.1) is 22.9 Å². The van der Waals surface area contributed by atoms with Crippen LogP contribution in [0, 0.1) is 36.5 Å². The van der Waals surface area contributed by atoms with Gasteiger partial charge in [0, 0.05) is 17.6 Å².